The Labute approximate surface area is 105 Å². The molecule has 1 amide bonds. The predicted octanol–water partition coefficient (Wildman–Crippen LogP) is 0.835. The molecular formula is C13H16N2O3. The van der Waals surface area contributed by atoms with Crippen molar-refractivity contribution >= 4 is 11.9 Å². The third-order valence-electron chi connectivity index (χ3n) is 3.06. The van der Waals surface area contributed by atoms with Crippen LogP contribution in [0.15, 0.2) is 24.3 Å². The lowest BCUT2D eigenvalue weighted by Gasteiger charge is -2.20. The lowest BCUT2D eigenvalue weighted by molar-refractivity contribution is -0.138. The average molecular weight is 248 g/mol. The van der Waals surface area contributed by atoms with Gasteiger partial charge in [0.15, 0.2) is 0 Å². The maximum Gasteiger partial charge on any atom is 0.317 e. The number of primary amides is 1. The SMILES string of the molecule is NC(=O)c1ccccc1CN(CC(=O)O)C1CC1. The molecule has 3 N–H and O–H groups in total. The van der Waals surface area contributed by atoms with E-state index in [1.165, 1.54) is 0 Å². The molecule has 0 saturated heterocycles. The first-order valence-corrected chi connectivity index (χ1v) is 5.91. The molecule has 1 fully saturated rings. The van der Waals surface area contributed by atoms with Gasteiger partial charge in [0.2, 0.25) is 5.91 Å². The van der Waals surface area contributed by atoms with Crippen molar-refractivity contribution in [2.45, 2.75) is 25.4 Å². The molecule has 1 aromatic rings. The second kappa shape index (κ2) is 5.18. The van der Waals surface area contributed by atoms with Crippen molar-refractivity contribution in [1.82, 2.24) is 4.90 Å². The van der Waals surface area contributed by atoms with Crippen LogP contribution in [0, 0.1) is 0 Å². The molecule has 96 valence electrons. The number of aliphatic carboxylic acids is 1. The summed E-state index contributed by atoms with van der Waals surface area (Å²) >= 11 is 0. The molecule has 0 aliphatic heterocycles. The minimum absolute atomic E-state index is 0.00222. The van der Waals surface area contributed by atoms with Gasteiger partial charge in [-0.15, -0.1) is 0 Å². The second-order valence-electron chi connectivity index (χ2n) is 4.55. The zero-order valence-corrected chi connectivity index (χ0v) is 10.0. The molecule has 1 aliphatic carbocycles. The van der Waals surface area contributed by atoms with Crippen molar-refractivity contribution in [2.24, 2.45) is 5.73 Å². The first-order chi connectivity index (χ1) is 8.58. The van der Waals surface area contributed by atoms with E-state index in [0.717, 1.165) is 18.4 Å². The first kappa shape index (κ1) is 12.6. The third-order valence-corrected chi connectivity index (χ3v) is 3.06. The Kier molecular flexibility index (Phi) is 3.62. The van der Waals surface area contributed by atoms with Gasteiger partial charge in [0.05, 0.1) is 6.54 Å². The van der Waals surface area contributed by atoms with E-state index in [2.05, 4.69) is 0 Å². The van der Waals surface area contributed by atoms with Crippen LogP contribution in [-0.4, -0.2) is 34.5 Å². The molecule has 5 nitrogen and oxygen atoms in total. The highest BCUT2D eigenvalue weighted by Gasteiger charge is 2.30. The second-order valence-corrected chi connectivity index (χ2v) is 4.55. The fourth-order valence-electron chi connectivity index (χ4n) is 2.04. The molecule has 5 heteroatoms. The molecule has 18 heavy (non-hydrogen) atoms. The molecule has 2 rings (SSSR count). The van der Waals surface area contributed by atoms with Crippen LogP contribution >= 0.6 is 0 Å². The van der Waals surface area contributed by atoms with Crippen LogP contribution in [0.4, 0.5) is 0 Å². The van der Waals surface area contributed by atoms with Crippen LogP contribution in [0.1, 0.15) is 28.8 Å². The van der Waals surface area contributed by atoms with Gasteiger partial charge < -0.3 is 10.8 Å². The summed E-state index contributed by atoms with van der Waals surface area (Å²) in [6, 6.07) is 7.39. The van der Waals surface area contributed by atoms with Crippen LogP contribution in [-0.2, 0) is 11.3 Å². The third kappa shape index (κ3) is 3.07. The van der Waals surface area contributed by atoms with Gasteiger partial charge in [0.1, 0.15) is 0 Å². The van der Waals surface area contributed by atoms with Crippen LogP contribution in [0.3, 0.4) is 0 Å². The van der Waals surface area contributed by atoms with Gasteiger partial charge in [-0.05, 0) is 24.5 Å². The highest BCUT2D eigenvalue weighted by molar-refractivity contribution is 5.94. The Hall–Kier alpha value is -1.88. The van der Waals surface area contributed by atoms with E-state index in [0.29, 0.717) is 18.2 Å². The number of nitrogens with two attached hydrogens (primary N) is 1. The summed E-state index contributed by atoms with van der Waals surface area (Å²) in [6.45, 7) is 0.452. The van der Waals surface area contributed by atoms with E-state index in [1.54, 1.807) is 12.1 Å². The van der Waals surface area contributed by atoms with E-state index in [-0.39, 0.29) is 6.54 Å². The van der Waals surface area contributed by atoms with Crippen molar-refractivity contribution in [1.29, 1.82) is 0 Å². The Morgan fingerprint density at radius 3 is 2.56 bits per heavy atom. The smallest absolute Gasteiger partial charge is 0.317 e. The summed E-state index contributed by atoms with van der Waals surface area (Å²) in [7, 11) is 0. The molecular weight excluding hydrogens is 232 g/mol. The fourth-order valence-corrected chi connectivity index (χ4v) is 2.04. The summed E-state index contributed by atoms with van der Waals surface area (Å²) in [5.41, 5.74) is 6.57. The largest absolute Gasteiger partial charge is 0.480 e. The van der Waals surface area contributed by atoms with Gasteiger partial charge in [-0.1, -0.05) is 18.2 Å². The maximum atomic E-state index is 11.3. The van der Waals surface area contributed by atoms with Crippen molar-refractivity contribution in [3.8, 4) is 0 Å². The molecule has 0 spiro atoms. The molecule has 1 saturated carbocycles. The number of carboxylic acids is 1. The molecule has 0 bridgehead atoms. The summed E-state index contributed by atoms with van der Waals surface area (Å²) in [5.74, 6) is -1.32. The van der Waals surface area contributed by atoms with Gasteiger partial charge in [0, 0.05) is 18.2 Å². The molecule has 0 heterocycles. The Morgan fingerprint density at radius 2 is 2.00 bits per heavy atom. The number of carboxylic acid groups (broad SMARTS) is 1. The van der Waals surface area contributed by atoms with E-state index < -0.39 is 11.9 Å². The van der Waals surface area contributed by atoms with Crippen molar-refractivity contribution in [3.05, 3.63) is 35.4 Å². The van der Waals surface area contributed by atoms with E-state index in [9.17, 15) is 9.59 Å². The Bertz CT molecular complexity index is 469. The number of benzene rings is 1. The first-order valence-electron chi connectivity index (χ1n) is 5.91. The summed E-state index contributed by atoms with van der Waals surface area (Å²) in [6.07, 6.45) is 2.04. The summed E-state index contributed by atoms with van der Waals surface area (Å²) in [4.78, 5) is 24.0. The summed E-state index contributed by atoms with van der Waals surface area (Å²) < 4.78 is 0. The van der Waals surface area contributed by atoms with Crippen molar-refractivity contribution < 1.29 is 14.7 Å². The quantitative estimate of drug-likeness (QED) is 0.781. The predicted molar refractivity (Wildman–Crippen MR) is 66.0 cm³/mol. The number of nitrogens with zero attached hydrogens (tertiary/aromatic N) is 1. The van der Waals surface area contributed by atoms with Gasteiger partial charge in [-0.25, -0.2) is 0 Å². The number of rotatable bonds is 6. The van der Waals surface area contributed by atoms with Crippen molar-refractivity contribution in [2.75, 3.05) is 6.54 Å². The molecule has 1 aliphatic rings. The standard InChI is InChI=1S/C13H16N2O3/c14-13(18)11-4-2-1-3-9(11)7-15(8-12(16)17)10-5-6-10/h1-4,10H,5-8H2,(H2,14,18)(H,16,17). The average Bonchev–Trinajstić information content (AvgIpc) is 3.11. The minimum atomic E-state index is -0.849. The highest BCUT2D eigenvalue weighted by Crippen LogP contribution is 2.28. The van der Waals surface area contributed by atoms with Crippen LogP contribution in [0.5, 0.6) is 0 Å². The van der Waals surface area contributed by atoms with Gasteiger partial charge in [-0.3, -0.25) is 14.5 Å². The van der Waals surface area contributed by atoms with Crippen LogP contribution in [0.25, 0.3) is 0 Å². The zero-order chi connectivity index (χ0) is 13.1. The highest BCUT2D eigenvalue weighted by atomic mass is 16.4. The maximum absolute atomic E-state index is 11.3. The normalized spacial score (nSPS) is 14.7. The van der Waals surface area contributed by atoms with E-state index in [1.807, 2.05) is 17.0 Å². The topological polar surface area (TPSA) is 83.6 Å². The number of hydrogen-bond acceptors (Lipinski definition) is 3. The minimum Gasteiger partial charge on any atom is -0.480 e. The van der Waals surface area contributed by atoms with E-state index in [4.69, 9.17) is 10.8 Å². The number of carbonyl (C=O) groups is 2. The number of carbonyl (C=O) groups excluding carboxylic acids is 1. The monoisotopic (exact) mass is 248 g/mol. The lowest BCUT2D eigenvalue weighted by atomic mass is 10.1. The lowest BCUT2D eigenvalue weighted by Crippen LogP contribution is -2.32. The molecule has 0 radical (unpaired) electrons. The van der Waals surface area contributed by atoms with Gasteiger partial charge >= 0.3 is 5.97 Å². The molecule has 0 atom stereocenters. The molecule has 0 aromatic heterocycles. The Balaban J connectivity index is 2.15. The molecule has 0 unspecified atom stereocenters. The fraction of sp³-hybridized carbons (Fsp3) is 0.385. The summed E-state index contributed by atoms with van der Waals surface area (Å²) in [5, 5.41) is 8.88. The van der Waals surface area contributed by atoms with Gasteiger partial charge in [-0.2, -0.15) is 0 Å². The number of amides is 1. The Morgan fingerprint density at radius 1 is 1.33 bits per heavy atom. The number of hydrogen-bond donors (Lipinski definition) is 2. The van der Waals surface area contributed by atoms with Crippen molar-refractivity contribution in [3.63, 3.8) is 0 Å². The van der Waals surface area contributed by atoms with Gasteiger partial charge in [0.25, 0.3) is 0 Å². The van der Waals surface area contributed by atoms with Crippen LogP contribution in [0.2, 0.25) is 0 Å². The molecule has 1 aromatic carbocycles. The van der Waals surface area contributed by atoms with E-state index >= 15 is 0 Å². The van der Waals surface area contributed by atoms with Crippen LogP contribution < -0.4 is 5.73 Å². The zero-order valence-electron chi connectivity index (χ0n) is 10.0.